The van der Waals surface area contributed by atoms with E-state index in [2.05, 4.69) is 0 Å². The number of hydrogen-bond donors (Lipinski definition) is 2. The van der Waals surface area contributed by atoms with Gasteiger partial charge in [-0.15, -0.1) is 45.3 Å². The zero-order chi connectivity index (χ0) is 47.8. The predicted octanol–water partition coefficient (Wildman–Crippen LogP) is 16.1. The maximum absolute atomic E-state index is 16.9. The lowest BCUT2D eigenvalue weighted by Gasteiger charge is -2.26. The van der Waals surface area contributed by atoms with Gasteiger partial charge in [0.05, 0.1) is 13.2 Å². The van der Waals surface area contributed by atoms with Gasteiger partial charge in [-0.1, -0.05) is 34.6 Å². The number of ether oxygens (including phenoxy) is 2. The van der Waals surface area contributed by atoms with Crippen molar-refractivity contribution in [1.29, 1.82) is 0 Å². The SMILES string of the molecule is CC(C)c1ccc(-c2cc(C3=C(c4cc(-c5ccc(C(C)(C)C)s5)sc4-c4ccc(OCCCCC(=O)O)cc4)C(F)(F)C(F)(F)C3(F)F)c(-c3ccc(OCCCCC(=O)O)cc3)s2)s1. The van der Waals surface area contributed by atoms with Crippen molar-refractivity contribution in [2.75, 3.05) is 13.2 Å². The molecule has 4 heterocycles. The Balaban J connectivity index is 1.41. The largest absolute Gasteiger partial charge is 0.494 e. The molecule has 0 fully saturated rings. The Hall–Kier alpha value is -4.90. The second-order valence-corrected chi connectivity index (χ2v) is 21.7. The molecule has 1 aliphatic carbocycles. The minimum absolute atomic E-state index is 0.0182. The van der Waals surface area contributed by atoms with Gasteiger partial charge in [0, 0.05) is 74.1 Å². The molecule has 2 aromatic carbocycles. The average Bonchev–Trinajstić information content (AvgIpc) is 4.09. The summed E-state index contributed by atoms with van der Waals surface area (Å²) in [4.78, 5) is 26.2. The Labute approximate surface area is 395 Å². The van der Waals surface area contributed by atoms with Crippen molar-refractivity contribution < 1.29 is 55.6 Å². The van der Waals surface area contributed by atoms with E-state index in [-0.39, 0.29) is 47.1 Å². The highest BCUT2D eigenvalue weighted by Crippen LogP contribution is 2.67. The summed E-state index contributed by atoms with van der Waals surface area (Å²) in [6.45, 7) is 10.5. The summed E-state index contributed by atoms with van der Waals surface area (Å²) < 4.78 is 112. The van der Waals surface area contributed by atoms with Crippen LogP contribution < -0.4 is 9.47 Å². The van der Waals surface area contributed by atoms with Crippen LogP contribution in [0.25, 0.3) is 51.5 Å². The third kappa shape index (κ3) is 10.0. The van der Waals surface area contributed by atoms with Crippen LogP contribution in [0, 0.1) is 0 Å². The highest BCUT2D eigenvalue weighted by Gasteiger charge is 2.80. The number of hydrogen-bond acceptors (Lipinski definition) is 8. The zero-order valence-electron chi connectivity index (χ0n) is 36.7. The van der Waals surface area contributed by atoms with Crippen LogP contribution >= 0.6 is 45.3 Å². The number of aliphatic carboxylic acids is 2. The van der Waals surface area contributed by atoms with Crippen LogP contribution in [0.4, 0.5) is 26.3 Å². The molecular formula is C50H48F6O6S4. The molecule has 1 aliphatic rings. The van der Waals surface area contributed by atoms with E-state index in [9.17, 15) is 9.59 Å². The van der Waals surface area contributed by atoms with Crippen molar-refractivity contribution in [3.05, 3.63) is 106 Å². The summed E-state index contributed by atoms with van der Waals surface area (Å²) in [5.41, 5.74) is -3.43. The molecule has 0 atom stereocenters. The molecular weight excluding hydrogens is 939 g/mol. The third-order valence-corrected chi connectivity index (χ3v) is 16.7. The average molecular weight is 987 g/mol. The van der Waals surface area contributed by atoms with E-state index in [1.807, 2.05) is 58.9 Å². The van der Waals surface area contributed by atoms with Gasteiger partial charge < -0.3 is 19.7 Å². The Morgan fingerprint density at radius 3 is 1.38 bits per heavy atom. The normalized spacial score (nSPS) is 15.5. The van der Waals surface area contributed by atoms with Gasteiger partial charge >= 0.3 is 29.7 Å². The maximum Gasteiger partial charge on any atom is 0.380 e. The molecule has 0 unspecified atom stereocenters. The summed E-state index contributed by atoms with van der Waals surface area (Å²) in [5.74, 6) is -17.4. The van der Waals surface area contributed by atoms with Crippen molar-refractivity contribution in [2.24, 2.45) is 0 Å². The number of rotatable bonds is 19. The molecule has 0 radical (unpaired) electrons. The van der Waals surface area contributed by atoms with E-state index >= 15 is 26.3 Å². The Morgan fingerprint density at radius 2 is 1.00 bits per heavy atom. The first-order valence-corrected chi connectivity index (χ1v) is 24.6. The lowest BCUT2D eigenvalue weighted by molar-refractivity contribution is -0.254. The van der Waals surface area contributed by atoms with Crippen molar-refractivity contribution in [3.8, 4) is 51.9 Å². The fraction of sp³-hybridized carbons (Fsp3) is 0.360. The molecule has 6 aromatic rings. The molecule has 0 amide bonds. The summed E-state index contributed by atoms with van der Waals surface area (Å²) in [6, 6.07) is 22.6. The van der Waals surface area contributed by atoms with Crippen LogP contribution in [0.3, 0.4) is 0 Å². The molecule has 0 saturated heterocycles. The molecule has 0 saturated carbocycles. The number of carboxylic acids is 2. The van der Waals surface area contributed by atoms with Crippen molar-refractivity contribution in [3.63, 3.8) is 0 Å². The minimum Gasteiger partial charge on any atom is -0.494 e. The number of unbranched alkanes of at least 4 members (excludes halogenated alkanes) is 2. The fourth-order valence-electron chi connectivity index (χ4n) is 7.47. The standard InChI is InChI=1S/C50H48F6O6S4/c1-28(2)35-20-21-36(63-35)38-26-33(45(65-38)29-12-16-31(17-13-29)61-24-8-6-10-41(57)58)43-44(49(53,54)50(55,56)48(43,51)52)34-27-39(37-22-23-40(64-37)47(3,4)5)66-46(34)30-14-18-32(19-15-30)62-25-9-7-11-42(59)60/h12-23,26-28H,6-11,24-25H2,1-5H3,(H,57,58)(H,59,60). The van der Waals surface area contributed by atoms with E-state index in [4.69, 9.17) is 19.7 Å². The Morgan fingerprint density at radius 1 is 0.576 bits per heavy atom. The van der Waals surface area contributed by atoms with Crippen LogP contribution in [0.5, 0.6) is 11.5 Å². The molecule has 2 N–H and O–H groups in total. The molecule has 0 bridgehead atoms. The first-order chi connectivity index (χ1) is 31.1. The van der Waals surface area contributed by atoms with Gasteiger partial charge in [0.2, 0.25) is 0 Å². The maximum atomic E-state index is 16.9. The quantitative estimate of drug-likeness (QED) is 0.0620. The second-order valence-electron chi connectivity index (χ2n) is 17.4. The lowest BCUT2D eigenvalue weighted by atomic mass is 9.92. The minimum atomic E-state index is -5.82. The van der Waals surface area contributed by atoms with E-state index in [1.54, 1.807) is 48.5 Å². The van der Waals surface area contributed by atoms with Gasteiger partial charge in [0.1, 0.15) is 11.5 Å². The fourth-order valence-corrected chi connectivity index (χ4v) is 12.0. The number of carbonyl (C=O) groups is 2. The van der Waals surface area contributed by atoms with Crippen LogP contribution in [0.15, 0.2) is 84.9 Å². The van der Waals surface area contributed by atoms with E-state index in [0.29, 0.717) is 67.8 Å². The van der Waals surface area contributed by atoms with Crippen molar-refractivity contribution in [1.82, 2.24) is 0 Å². The monoisotopic (exact) mass is 986 g/mol. The third-order valence-electron chi connectivity index (χ3n) is 11.0. The molecule has 0 aliphatic heterocycles. The van der Waals surface area contributed by atoms with E-state index in [1.165, 1.54) is 34.8 Å². The molecule has 4 aromatic heterocycles. The van der Waals surface area contributed by atoms with Crippen molar-refractivity contribution in [2.45, 2.75) is 102 Å². The number of carboxylic acid groups (broad SMARTS) is 2. The van der Waals surface area contributed by atoms with Gasteiger partial charge in [-0.25, -0.2) is 0 Å². The lowest BCUT2D eigenvalue weighted by Crippen LogP contribution is -2.48. The molecule has 6 nitrogen and oxygen atoms in total. The summed E-state index contributed by atoms with van der Waals surface area (Å²) in [6.07, 6.45) is 1.68. The molecule has 350 valence electrons. The smallest absolute Gasteiger partial charge is 0.380 e. The highest BCUT2D eigenvalue weighted by atomic mass is 32.1. The van der Waals surface area contributed by atoms with Crippen molar-refractivity contribution >= 4 is 68.4 Å². The van der Waals surface area contributed by atoms with Gasteiger partial charge in [-0.05, 0) is 133 Å². The van der Waals surface area contributed by atoms with Gasteiger partial charge in [0.25, 0.3) is 0 Å². The van der Waals surface area contributed by atoms with Gasteiger partial charge in [-0.3, -0.25) is 9.59 Å². The summed E-state index contributed by atoms with van der Waals surface area (Å²) >= 11 is 4.90. The molecule has 0 spiro atoms. The Bertz CT molecular complexity index is 2720. The second kappa shape index (κ2) is 19.4. The van der Waals surface area contributed by atoms with Gasteiger partial charge in [-0.2, -0.15) is 26.3 Å². The predicted molar refractivity (Wildman–Crippen MR) is 255 cm³/mol. The van der Waals surface area contributed by atoms with Crippen LogP contribution in [-0.2, 0) is 15.0 Å². The number of allylic oxidation sites excluding steroid dienone is 2. The summed E-state index contributed by atoms with van der Waals surface area (Å²) in [7, 11) is 0. The molecule has 7 rings (SSSR count). The van der Waals surface area contributed by atoms with Crippen LogP contribution in [-0.4, -0.2) is 53.1 Å². The zero-order valence-corrected chi connectivity index (χ0v) is 40.0. The van der Waals surface area contributed by atoms with Gasteiger partial charge in [0.15, 0.2) is 0 Å². The van der Waals surface area contributed by atoms with E-state index < -0.39 is 52.0 Å². The number of alkyl halides is 6. The molecule has 16 heteroatoms. The molecule has 66 heavy (non-hydrogen) atoms. The Kier molecular flexibility index (Phi) is 14.4. The number of benzene rings is 2. The first-order valence-electron chi connectivity index (χ1n) is 21.4. The highest BCUT2D eigenvalue weighted by molar-refractivity contribution is 7.24. The topological polar surface area (TPSA) is 93.1 Å². The summed E-state index contributed by atoms with van der Waals surface area (Å²) in [5, 5.41) is 17.9. The van der Waals surface area contributed by atoms with Crippen LogP contribution in [0.2, 0.25) is 0 Å². The number of halogens is 6. The van der Waals surface area contributed by atoms with Crippen LogP contribution in [0.1, 0.15) is 99.9 Å². The van der Waals surface area contributed by atoms with E-state index in [0.717, 1.165) is 32.4 Å². The first kappa shape index (κ1) is 49.0. The number of thiophene rings is 4.